The van der Waals surface area contributed by atoms with E-state index in [1.54, 1.807) is 0 Å². The zero-order valence-electron chi connectivity index (χ0n) is 14.9. The van der Waals surface area contributed by atoms with Crippen molar-refractivity contribution in [1.29, 1.82) is 0 Å². The van der Waals surface area contributed by atoms with Gasteiger partial charge in [-0.15, -0.1) is 0 Å². The lowest BCUT2D eigenvalue weighted by molar-refractivity contribution is 0.578. The first kappa shape index (κ1) is 21.5. The molecule has 1 saturated heterocycles. The summed E-state index contributed by atoms with van der Waals surface area (Å²) in [5.41, 5.74) is 1.39. The van der Waals surface area contributed by atoms with E-state index >= 15 is 0 Å². The summed E-state index contributed by atoms with van der Waals surface area (Å²) in [5.74, 6) is 0. The highest BCUT2D eigenvalue weighted by atomic mass is 28.3. The average molecular weight is 296 g/mol. The number of para-hydroxylation sites is 1. The molecule has 1 aliphatic rings. The van der Waals surface area contributed by atoms with Crippen LogP contribution in [0.1, 0.15) is 47.0 Å². The van der Waals surface area contributed by atoms with Gasteiger partial charge in [-0.05, 0) is 31.4 Å². The summed E-state index contributed by atoms with van der Waals surface area (Å²) in [6, 6.07) is 10.7. The summed E-state index contributed by atoms with van der Waals surface area (Å²) in [7, 11) is -0.139. The van der Waals surface area contributed by atoms with Gasteiger partial charge in [0.15, 0.2) is 0 Å². The summed E-state index contributed by atoms with van der Waals surface area (Å²) >= 11 is 0. The van der Waals surface area contributed by atoms with Crippen molar-refractivity contribution in [3.63, 3.8) is 0 Å². The molecule has 1 heterocycles. The second-order valence-corrected chi connectivity index (χ2v) is 8.58. The molecule has 0 saturated carbocycles. The normalized spacial score (nSPS) is 13.1. The Hall–Kier alpha value is -0.763. The Kier molecular flexibility index (Phi) is 17.5. The first-order chi connectivity index (χ1) is 9.70. The van der Waals surface area contributed by atoms with Crippen molar-refractivity contribution in [2.24, 2.45) is 0 Å². The van der Waals surface area contributed by atoms with E-state index in [0.717, 1.165) is 0 Å². The molecule has 0 radical (unpaired) electrons. The van der Waals surface area contributed by atoms with Crippen LogP contribution in [0.15, 0.2) is 30.3 Å². The number of anilines is 1. The third kappa shape index (κ3) is 12.3. The van der Waals surface area contributed by atoms with Gasteiger partial charge in [0.1, 0.15) is 0 Å². The van der Waals surface area contributed by atoms with Crippen LogP contribution >= 0.6 is 0 Å². The minimum Gasteiger partial charge on any atom is -0.372 e. The molecule has 2 heteroatoms. The van der Waals surface area contributed by atoms with Gasteiger partial charge in [-0.25, -0.2) is 0 Å². The van der Waals surface area contributed by atoms with Gasteiger partial charge < -0.3 is 4.90 Å². The molecular weight excluding hydrogens is 258 g/mol. The predicted molar refractivity (Wildman–Crippen MR) is 99.9 cm³/mol. The van der Waals surface area contributed by atoms with Crippen molar-refractivity contribution >= 4 is 14.5 Å². The minimum atomic E-state index is -0.139. The Balaban J connectivity index is 0. The molecule has 1 aliphatic heterocycles. The van der Waals surface area contributed by atoms with Crippen LogP contribution in [0.25, 0.3) is 0 Å². The first-order valence-corrected chi connectivity index (χ1v) is 12.0. The third-order valence-electron chi connectivity index (χ3n) is 2.48. The van der Waals surface area contributed by atoms with Crippen molar-refractivity contribution in [2.75, 3.05) is 18.0 Å². The number of rotatable bonds is 1. The van der Waals surface area contributed by atoms with E-state index in [4.69, 9.17) is 0 Å². The Morgan fingerprint density at radius 3 is 1.55 bits per heavy atom. The van der Waals surface area contributed by atoms with E-state index < -0.39 is 0 Å². The van der Waals surface area contributed by atoms with E-state index in [1.807, 2.05) is 27.7 Å². The predicted octanol–water partition coefficient (Wildman–Crippen LogP) is 5.83. The molecule has 20 heavy (non-hydrogen) atoms. The molecule has 0 bridgehead atoms. The fourth-order valence-corrected chi connectivity index (χ4v) is 1.79. The van der Waals surface area contributed by atoms with E-state index in [0.29, 0.717) is 0 Å². The monoisotopic (exact) mass is 295 g/mol. The van der Waals surface area contributed by atoms with Crippen molar-refractivity contribution in [2.45, 2.75) is 66.6 Å². The number of hydrogen-bond acceptors (Lipinski definition) is 1. The van der Waals surface area contributed by atoms with Crippen LogP contribution in [-0.2, 0) is 0 Å². The van der Waals surface area contributed by atoms with Crippen molar-refractivity contribution in [3.8, 4) is 0 Å². The van der Waals surface area contributed by atoms with Gasteiger partial charge in [0, 0.05) is 27.6 Å². The van der Waals surface area contributed by atoms with Crippen LogP contribution in [-0.4, -0.2) is 21.9 Å². The van der Waals surface area contributed by atoms with Crippen LogP contribution in [0.5, 0.6) is 0 Å². The fourth-order valence-electron chi connectivity index (χ4n) is 1.79. The largest absolute Gasteiger partial charge is 0.372 e. The van der Waals surface area contributed by atoms with Crippen LogP contribution in [0, 0.1) is 0 Å². The van der Waals surface area contributed by atoms with Crippen molar-refractivity contribution in [3.05, 3.63) is 30.3 Å². The van der Waals surface area contributed by atoms with E-state index in [-0.39, 0.29) is 8.80 Å². The summed E-state index contributed by atoms with van der Waals surface area (Å²) in [6.45, 7) is 17.4. The maximum Gasteiger partial charge on any atom is 0.0366 e. The lowest BCUT2D eigenvalue weighted by Crippen LogP contribution is -2.29. The SMILES string of the molecule is CC.CC.C[SiH](C)C.c1ccc(N2CCCCC2)cc1. The zero-order chi connectivity index (χ0) is 15.8. The number of piperidine rings is 1. The summed E-state index contributed by atoms with van der Waals surface area (Å²) in [5, 5.41) is 0. The van der Waals surface area contributed by atoms with Crippen molar-refractivity contribution in [1.82, 2.24) is 0 Å². The molecule has 118 valence electrons. The Morgan fingerprint density at radius 1 is 0.750 bits per heavy atom. The molecule has 0 unspecified atom stereocenters. The summed E-state index contributed by atoms with van der Waals surface area (Å²) in [6.07, 6.45) is 4.12. The molecule has 1 fully saturated rings. The molecule has 0 N–H and O–H groups in total. The van der Waals surface area contributed by atoms with E-state index in [2.05, 4.69) is 54.9 Å². The molecule has 0 aromatic heterocycles. The first-order valence-electron chi connectivity index (χ1n) is 8.50. The third-order valence-corrected chi connectivity index (χ3v) is 2.48. The van der Waals surface area contributed by atoms with E-state index in [1.165, 1.54) is 38.0 Å². The Labute approximate surface area is 130 Å². The molecule has 0 aliphatic carbocycles. The highest BCUT2D eigenvalue weighted by Gasteiger charge is 2.09. The topological polar surface area (TPSA) is 3.24 Å². The number of benzene rings is 1. The lowest BCUT2D eigenvalue weighted by Gasteiger charge is -2.28. The van der Waals surface area contributed by atoms with E-state index in [9.17, 15) is 0 Å². The molecule has 2 rings (SSSR count). The maximum atomic E-state index is 2.48. The molecule has 1 nitrogen and oxygen atoms in total. The average Bonchev–Trinajstić information content (AvgIpc) is 2.52. The number of nitrogens with zero attached hydrogens (tertiary/aromatic N) is 1. The quantitative estimate of drug-likeness (QED) is 0.589. The highest BCUT2D eigenvalue weighted by Crippen LogP contribution is 2.18. The smallest absolute Gasteiger partial charge is 0.0366 e. The summed E-state index contributed by atoms with van der Waals surface area (Å²) in [4.78, 5) is 2.48. The van der Waals surface area contributed by atoms with Gasteiger partial charge >= 0.3 is 0 Å². The highest BCUT2D eigenvalue weighted by molar-refractivity contribution is 6.54. The second kappa shape index (κ2) is 16.3. The molecule has 0 atom stereocenters. The fraction of sp³-hybridized carbons (Fsp3) is 0.667. The molecule has 0 amide bonds. The van der Waals surface area contributed by atoms with Crippen LogP contribution in [0.2, 0.25) is 19.6 Å². The van der Waals surface area contributed by atoms with Gasteiger partial charge in [0.05, 0.1) is 0 Å². The number of hydrogen-bond donors (Lipinski definition) is 0. The van der Waals surface area contributed by atoms with Crippen LogP contribution < -0.4 is 4.90 Å². The standard InChI is InChI=1S/C11H15N.C3H10Si.2C2H6/c1-3-7-11(8-4-1)12-9-5-2-6-10-12;1-4(2)3;2*1-2/h1,3-4,7-8H,2,5-6,9-10H2;4H,1-3H3;2*1-2H3. The summed E-state index contributed by atoms with van der Waals surface area (Å²) < 4.78 is 0. The Bertz CT molecular complexity index is 263. The second-order valence-electron chi connectivity index (χ2n) is 5.12. The molecular formula is C18H37NSi. The van der Waals surface area contributed by atoms with Gasteiger partial charge in [-0.1, -0.05) is 65.5 Å². The van der Waals surface area contributed by atoms with Crippen LogP contribution in [0.4, 0.5) is 5.69 Å². The molecule has 1 aromatic rings. The Morgan fingerprint density at radius 2 is 1.15 bits per heavy atom. The van der Waals surface area contributed by atoms with Crippen LogP contribution in [0.3, 0.4) is 0 Å². The molecule has 1 aromatic carbocycles. The van der Waals surface area contributed by atoms with Gasteiger partial charge in [-0.3, -0.25) is 0 Å². The van der Waals surface area contributed by atoms with Gasteiger partial charge in [0.25, 0.3) is 0 Å². The molecule has 0 spiro atoms. The zero-order valence-corrected chi connectivity index (χ0v) is 16.1. The lowest BCUT2D eigenvalue weighted by atomic mass is 10.1. The van der Waals surface area contributed by atoms with Crippen molar-refractivity contribution < 1.29 is 0 Å². The van der Waals surface area contributed by atoms with Gasteiger partial charge in [-0.2, -0.15) is 0 Å². The van der Waals surface area contributed by atoms with Gasteiger partial charge in [0.2, 0.25) is 0 Å². The minimum absolute atomic E-state index is 0.139. The maximum absolute atomic E-state index is 2.48.